The van der Waals surface area contributed by atoms with Crippen molar-refractivity contribution in [3.05, 3.63) is 10.4 Å². The van der Waals surface area contributed by atoms with Crippen molar-refractivity contribution in [1.82, 2.24) is 21.3 Å². The minimum atomic E-state index is -1.10. The molecule has 0 aromatic carbocycles. The Balaban J connectivity index is 5.08. The van der Waals surface area contributed by atoms with Crippen molar-refractivity contribution < 1.29 is 24.0 Å². The lowest BCUT2D eigenvalue weighted by Gasteiger charge is -2.23. The molecule has 5 amide bonds. The third kappa shape index (κ3) is 12.4. The second-order valence-corrected chi connectivity index (χ2v) is 7.30. The van der Waals surface area contributed by atoms with Gasteiger partial charge in [0, 0.05) is 44.3 Å². The fourth-order valence-electron chi connectivity index (χ4n) is 2.75. The molecule has 13 nitrogen and oxygen atoms in total. The van der Waals surface area contributed by atoms with Crippen LogP contribution in [-0.2, 0) is 24.0 Å². The number of azide groups is 1. The van der Waals surface area contributed by atoms with Crippen LogP contribution in [0, 0.1) is 5.92 Å². The first-order valence-electron chi connectivity index (χ1n) is 10.5. The van der Waals surface area contributed by atoms with E-state index in [0.29, 0.717) is 25.8 Å². The Morgan fingerprint density at radius 1 is 0.875 bits per heavy atom. The van der Waals surface area contributed by atoms with Gasteiger partial charge in [-0.1, -0.05) is 18.5 Å². The van der Waals surface area contributed by atoms with Gasteiger partial charge < -0.3 is 27.0 Å². The number of nitrogens with two attached hydrogens (primary N) is 1. The van der Waals surface area contributed by atoms with E-state index in [2.05, 4.69) is 31.3 Å². The summed E-state index contributed by atoms with van der Waals surface area (Å²) in [5, 5.41) is 13.4. The van der Waals surface area contributed by atoms with Crippen molar-refractivity contribution in [2.45, 2.75) is 64.0 Å². The highest BCUT2D eigenvalue weighted by Gasteiger charge is 2.27. The second-order valence-electron chi connectivity index (χ2n) is 7.30. The number of hydrogen-bond acceptors (Lipinski definition) is 6. The van der Waals surface area contributed by atoms with E-state index in [1.54, 1.807) is 6.92 Å². The number of carbonyl (C=O) groups excluding carboxylic acids is 5. The molecular formula is C19H34N8O5. The van der Waals surface area contributed by atoms with Crippen LogP contribution in [0.5, 0.6) is 0 Å². The van der Waals surface area contributed by atoms with Crippen molar-refractivity contribution in [1.29, 1.82) is 0 Å². The van der Waals surface area contributed by atoms with E-state index in [1.165, 1.54) is 14.1 Å². The molecule has 3 atom stereocenters. The van der Waals surface area contributed by atoms with Gasteiger partial charge in [-0.2, -0.15) is 0 Å². The molecule has 3 unspecified atom stereocenters. The first-order chi connectivity index (χ1) is 15.2. The molecule has 0 radical (unpaired) electrons. The molecule has 6 N–H and O–H groups in total. The molecule has 0 aliphatic heterocycles. The monoisotopic (exact) mass is 454 g/mol. The highest BCUT2D eigenvalue weighted by molar-refractivity contribution is 5.92. The van der Waals surface area contributed by atoms with Gasteiger partial charge in [0.15, 0.2) is 0 Å². The fraction of sp³-hybridized carbons (Fsp3) is 0.737. The maximum atomic E-state index is 12.8. The third-order valence-electron chi connectivity index (χ3n) is 4.83. The van der Waals surface area contributed by atoms with Crippen LogP contribution in [0.15, 0.2) is 5.11 Å². The quantitative estimate of drug-likeness (QED) is 0.0910. The van der Waals surface area contributed by atoms with Gasteiger partial charge in [-0.25, -0.2) is 0 Å². The van der Waals surface area contributed by atoms with Gasteiger partial charge in [0.1, 0.15) is 12.1 Å². The van der Waals surface area contributed by atoms with Crippen LogP contribution in [0.4, 0.5) is 0 Å². The zero-order valence-corrected chi connectivity index (χ0v) is 18.8. The van der Waals surface area contributed by atoms with Crippen LogP contribution < -0.4 is 27.0 Å². The standard InChI is InChI=1S/C19H34N8O5/c1-12(6-4-5-11-24-27-21)18(31)26-14(8-10-16(29)23-3)19(32)25-13(17(20)30)7-9-15(28)22-2/h12-14H,4-11H2,1-3H3,(H2,20,30)(H,22,28)(H,23,29)(H,25,32)(H,26,31). The molecule has 0 fully saturated rings. The predicted octanol–water partition coefficient (Wildman–Crippen LogP) is -0.390. The minimum Gasteiger partial charge on any atom is -0.368 e. The maximum absolute atomic E-state index is 12.8. The average molecular weight is 455 g/mol. The Bertz CT molecular complexity index is 708. The maximum Gasteiger partial charge on any atom is 0.243 e. The van der Waals surface area contributed by atoms with Crippen molar-refractivity contribution in [2.24, 2.45) is 16.8 Å². The molecule has 32 heavy (non-hydrogen) atoms. The van der Waals surface area contributed by atoms with Crippen LogP contribution >= 0.6 is 0 Å². The zero-order chi connectivity index (χ0) is 24.5. The van der Waals surface area contributed by atoms with Gasteiger partial charge in [-0.3, -0.25) is 24.0 Å². The number of carbonyl (C=O) groups is 5. The Labute approximate surface area is 187 Å². The van der Waals surface area contributed by atoms with Crippen molar-refractivity contribution in [2.75, 3.05) is 20.6 Å². The van der Waals surface area contributed by atoms with Gasteiger partial charge in [0.05, 0.1) is 0 Å². The molecule has 0 aromatic heterocycles. The van der Waals surface area contributed by atoms with E-state index < -0.39 is 29.8 Å². The van der Waals surface area contributed by atoms with Crippen LogP contribution in [0.3, 0.4) is 0 Å². The molecule has 13 heteroatoms. The highest BCUT2D eigenvalue weighted by atomic mass is 16.2. The molecule has 0 spiro atoms. The molecule has 0 aliphatic rings. The summed E-state index contributed by atoms with van der Waals surface area (Å²) < 4.78 is 0. The normalized spacial score (nSPS) is 13.0. The summed E-state index contributed by atoms with van der Waals surface area (Å²) in [6.07, 6.45) is 1.79. The molecule has 0 rings (SSSR count). The first-order valence-corrected chi connectivity index (χ1v) is 10.5. The number of hydrogen-bond donors (Lipinski definition) is 5. The van der Waals surface area contributed by atoms with Crippen molar-refractivity contribution in [3.63, 3.8) is 0 Å². The van der Waals surface area contributed by atoms with Crippen LogP contribution in [0.2, 0.25) is 0 Å². The first kappa shape index (κ1) is 28.7. The molecular weight excluding hydrogens is 420 g/mol. The van der Waals surface area contributed by atoms with E-state index in [9.17, 15) is 24.0 Å². The van der Waals surface area contributed by atoms with Gasteiger partial charge in [0.25, 0.3) is 0 Å². The predicted molar refractivity (Wildman–Crippen MR) is 117 cm³/mol. The van der Waals surface area contributed by atoms with E-state index in [1.807, 2.05) is 0 Å². The highest BCUT2D eigenvalue weighted by Crippen LogP contribution is 2.10. The molecule has 0 aromatic rings. The number of amides is 5. The topological polar surface area (TPSA) is 208 Å². The Hall–Kier alpha value is -3.34. The summed E-state index contributed by atoms with van der Waals surface area (Å²) >= 11 is 0. The third-order valence-corrected chi connectivity index (χ3v) is 4.83. The van der Waals surface area contributed by atoms with Gasteiger partial charge >= 0.3 is 0 Å². The lowest BCUT2D eigenvalue weighted by molar-refractivity contribution is -0.133. The Kier molecular flexibility index (Phi) is 14.7. The molecule has 180 valence electrons. The molecule has 0 aliphatic carbocycles. The number of unbranched alkanes of at least 4 members (excludes halogenated alkanes) is 1. The summed E-state index contributed by atoms with van der Waals surface area (Å²) in [4.78, 5) is 62.7. The summed E-state index contributed by atoms with van der Waals surface area (Å²) in [6, 6.07) is -2.16. The average Bonchev–Trinajstić information content (AvgIpc) is 2.77. The second kappa shape index (κ2) is 16.4. The lowest BCUT2D eigenvalue weighted by atomic mass is 10.0. The largest absolute Gasteiger partial charge is 0.368 e. The van der Waals surface area contributed by atoms with Gasteiger partial charge in [-0.05, 0) is 31.2 Å². The van der Waals surface area contributed by atoms with Crippen molar-refractivity contribution in [3.8, 4) is 0 Å². The lowest BCUT2D eigenvalue weighted by Crippen LogP contribution is -2.54. The van der Waals surface area contributed by atoms with E-state index in [4.69, 9.17) is 11.3 Å². The van der Waals surface area contributed by atoms with Gasteiger partial charge in [0.2, 0.25) is 29.5 Å². The molecule has 0 bridgehead atoms. The Morgan fingerprint density at radius 3 is 1.91 bits per heavy atom. The van der Waals surface area contributed by atoms with E-state index in [0.717, 1.165) is 0 Å². The van der Waals surface area contributed by atoms with E-state index in [-0.39, 0.29) is 43.4 Å². The summed E-state index contributed by atoms with van der Waals surface area (Å²) in [7, 11) is 2.90. The van der Waals surface area contributed by atoms with Crippen LogP contribution in [0.1, 0.15) is 51.9 Å². The van der Waals surface area contributed by atoms with Crippen LogP contribution in [-0.4, -0.2) is 62.3 Å². The smallest absolute Gasteiger partial charge is 0.243 e. The SMILES string of the molecule is CNC(=O)CCC(NC(=O)C(CCC(=O)NC)NC(=O)C(C)CCCCN=[N+]=[N-])C(N)=O. The fourth-order valence-corrected chi connectivity index (χ4v) is 2.75. The molecule has 0 heterocycles. The summed E-state index contributed by atoms with van der Waals surface area (Å²) in [6.45, 7) is 2.04. The number of nitrogens with one attached hydrogen (secondary N) is 4. The van der Waals surface area contributed by atoms with Gasteiger partial charge in [-0.15, -0.1) is 0 Å². The minimum absolute atomic E-state index is 0.00155. The van der Waals surface area contributed by atoms with Crippen LogP contribution in [0.25, 0.3) is 10.4 Å². The number of nitrogens with zero attached hydrogens (tertiary/aromatic N) is 3. The summed E-state index contributed by atoms with van der Waals surface area (Å²) in [5.41, 5.74) is 13.6. The summed E-state index contributed by atoms with van der Waals surface area (Å²) in [5.74, 6) is -2.91. The number of primary amides is 1. The van der Waals surface area contributed by atoms with E-state index >= 15 is 0 Å². The number of rotatable bonds is 16. The Morgan fingerprint density at radius 2 is 1.41 bits per heavy atom. The van der Waals surface area contributed by atoms with Crippen molar-refractivity contribution >= 4 is 29.5 Å². The molecule has 0 saturated carbocycles. The molecule has 0 saturated heterocycles. The zero-order valence-electron chi connectivity index (χ0n) is 18.8.